The molecule has 3 aromatic rings. The Kier molecular flexibility index (Phi) is 5.87. The van der Waals surface area contributed by atoms with Crippen molar-refractivity contribution in [3.63, 3.8) is 0 Å². The zero-order valence-corrected chi connectivity index (χ0v) is 17.9. The standard InChI is InChI=1S/C24H20F2N4O3/c1-13-9-20(26)18(16-7-8-28-30(2)24(16)33)10-21(13)29-23(32)19-12-27-22(31)11-17(19)14-3-5-15(25)6-4-14/h3-10,12,17H,11H2,1-2H3,(H,27,31)(H,29,32). The molecule has 4 rings (SSSR count). The monoisotopic (exact) mass is 450 g/mol. The lowest BCUT2D eigenvalue weighted by Gasteiger charge is -2.24. The van der Waals surface area contributed by atoms with Crippen molar-refractivity contribution in [1.82, 2.24) is 15.1 Å². The third-order valence-electron chi connectivity index (χ3n) is 5.55. The Morgan fingerprint density at radius 3 is 2.58 bits per heavy atom. The van der Waals surface area contributed by atoms with Crippen molar-refractivity contribution < 1.29 is 18.4 Å². The summed E-state index contributed by atoms with van der Waals surface area (Å²) in [6.07, 6.45) is 2.73. The fourth-order valence-corrected chi connectivity index (χ4v) is 3.75. The second kappa shape index (κ2) is 8.78. The molecule has 9 heteroatoms. The van der Waals surface area contributed by atoms with Crippen molar-refractivity contribution in [3.05, 3.63) is 93.5 Å². The van der Waals surface area contributed by atoms with E-state index >= 15 is 0 Å². The van der Waals surface area contributed by atoms with Crippen molar-refractivity contribution in [2.45, 2.75) is 19.3 Å². The first-order valence-electron chi connectivity index (χ1n) is 10.1. The summed E-state index contributed by atoms with van der Waals surface area (Å²) in [4.78, 5) is 37.5. The van der Waals surface area contributed by atoms with Crippen molar-refractivity contribution in [2.75, 3.05) is 5.32 Å². The largest absolute Gasteiger partial charge is 0.332 e. The minimum Gasteiger partial charge on any atom is -0.332 e. The minimum absolute atomic E-state index is 0.0194. The summed E-state index contributed by atoms with van der Waals surface area (Å²) in [5.74, 6) is -2.39. The molecule has 33 heavy (non-hydrogen) atoms. The molecule has 0 saturated heterocycles. The average Bonchev–Trinajstić information content (AvgIpc) is 2.78. The number of benzene rings is 2. The van der Waals surface area contributed by atoms with Crippen molar-refractivity contribution in [2.24, 2.45) is 7.05 Å². The predicted molar refractivity (Wildman–Crippen MR) is 118 cm³/mol. The summed E-state index contributed by atoms with van der Waals surface area (Å²) in [6.45, 7) is 1.63. The van der Waals surface area contributed by atoms with E-state index in [1.165, 1.54) is 61.9 Å². The lowest BCUT2D eigenvalue weighted by atomic mass is 9.86. The summed E-state index contributed by atoms with van der Waals surface area (Å²) in [7, 11) is 1.46. The second-order valence-corrected chi connectivity index (χ2v) is 7.75. The van der Waals surface area contributed by atoms with Gasteiger partial charge in [0.1, 0.15) is 11.6 Å². The average molecular weight is 450 g/mol. The van der Waals surface area contributed by atoms with Gasteiger partial charge in [-0.25, -0.2) is 13.5 Å². The highest BCUT2D eigenvalue weighted by atomic mass is 19.1. The quantitative estimate of drug-likeness (QED) is 0.639. The molecule has 1 unspecified atom stereocenters. The summed E-state index contributed by atoms with van der Waals surface area (Å²) in [5.41, 5.74) is 1.30. The number of amides is 2. The van der Waals surface area contributed by atoms with Gasteiger partial charge in [-0.1, -0.05) is 12.1 Å². The van der Waals surface area contributed by atoms with Crippen LogP contribution in [0.5, 0.6) is 0 Å². The van der Waals surface area contributed by atoms with E-state index in [0.29, 0.717) is 16.8 Å². The zero-order valence-electron chi connectivity index (χ0n) is 17.9. The predicted octanol–water partition coefficient (Wildman–Crippen LogP) is 3.16. The number of carbonyl (C=O) groups is 2. The lowest BCUT2D eigenvalue weighted by molar-refractivity contribution is -0.121. The van der Waals surface area contributed by atoms with Gasteiger partial charge in [0.2, 0.25) is 5.91 Å². The smallest absolute Gasteiger partial charge is 0.274 e. The van der Waals surface area contributed by atoms with Gasteiger partial charge in [0.05, 0.1) is 5.56 Å². The number of nitrogens with zero attached hydrogens (tertiary/aromatic N) is 2. The van der Waals surface area contributed by atoms with Crippen molar-refractivity contribution in [1.29, 1.82) is 0 Å². The Labute approximate surface area is 187 Å². The molecule has 168 valence electrons. The van der Waals surface area contributed by atoms with Crippen LogP contribution in [-0.4, -0.2) is 21.6 Å². The molecule has 0 aliphatic carbocycles. The van der Waals surface area contributed by atoms with Crippen LogP contribution in [0.15, 0.2) is 65.2 Å². The Morgan fingerprint density at radius 1 is 1.12 bits per heavy atom. The van der Waals surface area contributed by atoms with E-state index in [4.69, 9.17) is 0 Å². The maximum absolute atomic E-state index is 14.7. The third kappa shape index (κ3) is 4.43. The molecule has 2 amide bonds. The van der Waals surface area contributed by atoms with Crippen LogP contribution in [0.1, 0.15) is 23.5 Å². The topological polar surface area (TPSA) is 93.1 Å². The van der Waals surface area contributed by atoms with Gasteiger partial charge in [-0.15, -0.1) is 0 Å². The van der Waals surface area contributed by atoms with E-state index in [-0.39, 0.29) is 29.0 Å². The molecule has 7 nitrogen and oxygen atoms in total. The summed E-state index contributed by atoms with van der Waals surface area (Å²) in [6, 6.07) is 9.63. The van der Waals surface area contributed by atoms with Crippen LogP contribution in [0.3, 0.4) is 0 Å². The van der Waals surface area contributed by atoms with Gasteiger partial charge in [-0.3, -0.25) is 14.4 Å². The Hall–Kier alpha value is -4.14. The Balaban J connectivity index is 1.69. The van der Waals surface area contributed by atoms with E-state index in [1.54, 1.807) is 6.92 Å². The van der Waals surface area contributed by atoms with Gasteiger partial charge in [0.25, 0.3) is 11.5 Å². The number of hydrogen-bond acceptors (Lipinski definition) is 4. The highest BCUT2D eigenvalue weighted by Gasteiger charge is 2.29. The fourth-order valence-electron chi connectivity index (χ4n) is 3.75. The van der Waals surface area contributed by atoms with Gasteiger partial charge >= 0.3 is 0 Å². The summed E-state index contributed by atoms with van der Waals surface area (Å²) >= 11 is 0. The van der Waals surface area contributed by atoms with E-state index in [1.807, 2.05) is 0 Å². The van der Waals surface area contributed by atoms with E-state index < -0.39 is 29.0 Å². The number of rotatable bonds is 4. The molecule has 2 N–H and O–H groups in total. The van der Waals surface area contributed by atoms with Crippen LogP contribution in [0, 0.1) is 18.6 Å². The molecule has 1 aliphatic rings. The fraction of sp³-hybridized carbons (Fsp3) is 0.167. The molecule has 0 bridgehead atoms. The lowest BCUT2D eigenvalue weighted by Crippen LogP contribution is -2.32. The first-order valence-corrected chi connectivity index (χ1v) is 10.1. The summed E-state index contributed by atoms with van der Waals surface area (Å²) in [5, 5.41) is 9.13. The van der Waals surface area contributed by atoms with Gasteiger partial charge in [0, 0.05) is 48.6 Å². The normalized spacial score (nSPS) is 15.6. The van der Waals surface area contributed by atoms with Gasteiger partial charge in [-0.2, -0.15) is 5.10 Å². The molecular weight excluding hydrogens is 430 g/mol. The highest BCUT2D eigenvalue weighted by molar-refractivity contribution is 6.07. The number of halogens is 2. The highest BCUT2D eigenvalue weighted by Crippen LogP contribution is 2.32. The van der Waals surface area contributed by atoms with Crippen LogP contribution >= 0.6 is 0 Å². The first kappa shape index (κ1) is 22.1. The number of nitrogens with one attached hydrogen (secondary N) is 2. The van der Waals surface area contributed by atoms with Crippen LogP contribution in [-0.2, 0) is 16.6 Å². The molecule has 1 aromatic heterocycles. The molecule has 1 aliphatic heterocycles. The van der Waals surface area contributed by atoms with Crippen LogP contribution in [0.25, 0.3) is 11.1 Å². The van der Waals surface area contributed by atoms with Gasteiger partial charge < -0.3 is 10.6 Å². The molecule has 0 saturated carbocycles. The summed E-state index contributed by atoms with van der Waals surface area (Å²) < 4.78 is 29.2. The molecule has 2 aromatic carbocycles. The Bertz CT molecular complexity index is 1350. The zero-order chi connectivity index (χ0) is 23.7. The molecular formula is C24H20F2N4O3. The van der Waals surface area contributed by atoms with Crippen LogP contribution in [0.2, 0.25) is 0 Å². The van der Waals surface area contributed by atoms with E-state index in [2.05, 4.69) is 15.7 Å². The van der Waals surface area contributed by atoms with Crippen LogP contribution in [0.4, 0.5) is 14.5 Å². The minimum atomic E-state index is -0.609. The van der Waals surface area contributed by atoms with Crippen molar-refractivity contribution >= 4 is 17.5 Å². The second-order valence-electron chi connectivity index (χ2n) is 7.75. The Morgan fingerprint density at radius 2 is 1.85 bits per heavy atom. The van der Waals surface area contributed by atoms with Gasteiger partial charge in [0.15, 0.2) is 0 Å². The molecule has 0 radical (unpaired) electrons. The number of carbonyl (C=O) groups excluding carboxylic acids is 2. The SMILES string of the molecule is Cc1cc(F)c(-c2ccnn(C)c2=O)cc1NC(=O)C1=CNC(=O)CC1c1ccc(F)cc1. The number of aromatic nitrogens is 2. The number of aryl methyl sites for hydroxylation is 2. The van der Waals surface area contributed by atoms with Crippen molar-refractivity contribution in [3.8, 4) is 11.1 Å². The molecule has 2 heterocycles. The van der Waals surface area contributed by atoms with Crippen LogP contribution < -0.4 is 16.2 Å². The molecule has 0 spiro atoms. The maximum atomic E-state index is 14.7. The van der Waals surface area contributed by atoms with Gasteiger partial charge in [-0.05, 0) is 48.4 Å². The number of anilines is 1. The third-order valence-corrected chi connectivity index (χ3v) is 5.55. The molecule has 0 fully saturated rings. The first-order chi connectivity index (χ1) is 15.7. The van der Waals surface area contributed by atoms with E-state index in [9.17, 15) is 23.2 Å². The number of hydrogen-bond donors (Lipinski definition) is 2. The van der Waals surface area contributed by atoms with E-state index in [0.717, 1.165) is 4.68 Å². The molecule has 1 atom stereocenters. The maximum Gasteiger partial charge on any atom is 0.274 e.